The van der Waals surface area contributed by atoms with Crippen molar-refractivity contribution in [2.24, 2.45) is 5.73 Å². The Kier molecular flexibility index (Phi) is 4.82. The van der Waals surface area contributed by atoms with Crippen LogP contribution in [0.2, 0.25) is 0 Å². The fraction of sp³-hybridized carbons (Fsp3) is 0.350. The van der Waals surface area contributed by atoms with Gasteiger partial charge in [-0.2, -0.15) is 0 Å². The van der Waals surface area contributed by atoms with Gasteiger partial charge < -0.3 is 5.73 Å². The van der Waals surface area contributed by atoms with E-state index in [4.69, 9.17) is 10.7 Å². The van der Waals surface area contributed by atoms with Crippen LogP contribution in [0.3, 0.4) is 0 Å². The Labute approximate surface area is 165 Å². The molecule has 5 nitrogen and oxygen atoms in total. The number of rotatable bonds is 4. The summed E-state index contributed by atoms with van der Waals surface area (Å²) in [6, 6.07) is 6.04. The fourth-order valence-electron chi connectivity index (χ4n) is 3.73. The van der Waals surface area contributed by atoms with E-state index in [2.05, 4.69) is 6.07 Å². The number of carbonyl (C=O) groups is 1. The summed E-state index contributed by atoms with van der Waals surface area (Å²) in [5.74, 6) is -0.333. The first-order valence-corrected chi connectivity index (χ1v) is 10.8. The normalized spacial score (nSPS) is 13.7. The lowest BCUT2D eigenvalue weighted by Gasteiger charge is -2.14. The second kappa shape index (κ2) is 7.13. The summed E-state index contributed by atoms with van der Waals surface area (Å²) in [4.78, 5) is 31.7. The van der Waals surface area contributed by atoms with Crippen molar-refractivity contribution in [3.63, 3.8) is 0 Å². The molecule has 1 aromatic carbocycles. The number of aryl methyl sites for hydroxylation is 4. The van der Waals surface area contributed by atoms with Gasteiger partial charge >= 0.3 is 0 Å². The molecule has 2 N–H and O–H groups in total. The highest BCUT2D eigenvalue weighted by molar-refractivity contribution is 7.99. The predicted octanol–water partition coefficient (Wildman–Crippen LogP) is 3.52. The quantitative estimate of drug-likeness (QED) is 0.538. The van der Waals surface area contributed by atoms with Crippen molar-refractivity contribution in [3.05, 3.63) is 50.1 Å². The van der Waals surface area contributed by atoms with Gasteiger partial charge in [0.15, 0.2) is 5.16 Å². The zero-order valence-electron chi connectivity index (χ0n) is 15.4. The van der Waals surface area contributed by atoms with Crippen LogP contribution in [0.4, 0.5) is 0 Å². The van der Waals surface area contributed by atoms with E-state index in [0.29, 0.717) is 5.16 Å². The van der Waals surface area contributed by atoms with E-state index >= 15 is 0 Å². The second-order valence-corrected chi connectivity index (χ2v) is 9.05. The molecule has 2 heterocycles. The number of amides is 1. The topological polar surface area (TPSA) is 78.0 Å². The van der Waals surface area contributed by atoms with Gasteiger partial charge in [0.25, 0.3) is 5.56 Å². The van der Waals surface area contributed by atoms with Crippen LogP contribution in [0, 0.1) is 13.8 Å². The lowest BCUT2D eigenvalue weighted by atomic mass is 9.97. The summed E-state index contributed by atoms with van der Waals surface area (Å²) in [5.41, 5.74) is 9.40. The van der Waals surface area contributed by atoms with E-state index in [-0.39, 0.29) is 11.3 Å². The van der Waals surface area contributed by atoms with Gasteiger partial charge in [0, 0.05) is 4.88 Å². The molecule has 27 heavy (non-hydrogen) atoms. The number of hydrogen-bond acceptors (Lipinski definition) is 5. The van der Waals surface area contributed by atoms with Crippen LogP contribution < -0.4 is 11.3 Å². The number of primary amides is 1. The molecule has 0 spiro atoms. The van der Waals surface area contributed by atoms with Crippen LogP contribution in [-0.2, 0) is 17.6 Å². The molecule has 1 amide bonds. The largest absolute Gasteiger partial charge is 0.369 e. The number of benzene rings is 1. The number of nitrogens with zero attached hydrogens (tertiary/aromatic N) is 2. The van der Waals surface area contributed by atoms with Crippen LogP contribution in [0.1, 0.15) is 34.4 Å². The second-order valence-electron chi connectivity index (χ2n) is 7.03. The van der Waals surface area contributed by atoms with Gasteiger partial charge in [-0.15, -0.1) is 11.3 Å². The SMILES string of the molecule is Cc1cc(C)cc(-n2c(SCC(N)=O)nc3sc4c(c3c2=O)CCCC4)c1. The molecule has 7 heteroatoms. The third-order valence-electron chi connectivity index (χ3n) is 4.77. The maximum absolute atomic E-state index is 13.6. The number of hydrogen-bond donors (Lipinski definition) is 1. The van der Waals surface area contributed by atoms with Gasteiger partial charge in [-0.05, 0) is 68.4 Å². The molecule has 0 saturated heterocycles. The number of thioether (sulfide) groups is 1. The first-order valence-electron chi connectivity index (χ1n) is 9.01. The standard InChI is InChI=1S/C20H21N3O2S2/c1-11-7-12(2)9-13(8-11)23-19(25)17-14-5-3-4-6-15(14)27-18(17)22-20(23)26-10-16(21)24/h7-9H,3-6,10H2,1-2H3,(H2,21,24). The molecule has 0 bridgehead atoms. The molecular weight excluding hydrogens is 378 g/mol. The van der Waals surface area contributed by atoms with Crippen molar-refractivity contribution >= 4 is 39.2 Å². The predicted molar refractivity (Wildman–Crippen MR) is 111 cm³/mol. The average Bonchev–Trinajstić information content (AvgIpc) is 2.97. The molecule has 0 saturated carbocycles. The van der Waals surface area contributed by atoms with E-state index < -0.39 is 5.91 Å². The molecular formula is C20H21N3O2S2. The van der Waals surface area contributed by atoms with Crippen molar-refractivity contribution in [2.75, 3.05) is 5.75 Å². The Bertz CT molecular complexity index is 1090. The Morgan fingerprint density at radius 3 is 2.63 bits per heavy atom. The zero-order chi connectivity index (χ0) is 19.1. The minimum atomic E-state index is -0.424. The molecule has 4 rings (SSSR count). The Morgan fingerprint density at radius 2 is 1.93 bits per heavy atom. The van der Waals surface area contributed by atoms with Crippen LogP contribution >= 0.6 is 23.1 Å². The number of fused-ring (bicyclic) bond motifs is 3. The summed E-state index contributed by atoms with van der Waals surface area (Å²) < 4.78 is 1.65. The molecule has 1 aliphatic carbocycles. The molecule has 1 aliphatic rings. The molecule has 0 atom stereocenters. The van der Waals surface area contributed by atoms with Gasteiger partial charge in [-0.1, -0.05) is 17.8 Å². The van der Waals surface area contributed by atoms with E-state index in [1.807, 2.05) is 26.0 Å². The number of thiophene rings is 1. The molecule has 0 aliphatic heterocycles. The molecule has 2 aromatic heterocycles. The highest BCUT2D eigenvalue weighted by atomic mass is 32.2. The average molecular weight is 400 g/mol. The van der Waals surface area contributed by atoms with Gasteiger partial charge in [-0.25, -0.2) is 4.98 Å². The zero-order valence-corrected chi connectivity index (χ0v) is 17.0. The number of carbonyl (C=O) groups excluding carboxylic acids is 1. The summed E-state index contributed by atoms with van der Waals surface area (Å²) in [6.07, 6.45) is 4.23. The molecule has 0 radical (unpaired) electrons. The van der Waals surface area contributed by atoms with Crippen molar-refractivity contribution < 1.29 is 4.79 Å². The molecule has 140 valence electrons. The lowest BCUT2D eigenvalue weighted by Crippen LogP contribution is -2.23. The van der Waals surface area contributed by atoms with Crippen molar-refractivity contribution in [1.82, 2.24) is 9.55 Å². The summed E-state index contributed by atoms with van der Waals surface area (Å²) in [6.45, 7) is 4.02. The van der Waals surface area contributed by atoms with Crippen molar-refractivity contribution in [2.45, 2.75) is 44.7 Å². The number of aromatic nitrogens is 2. The molecule has 0 fully saturated rings. The van der Waals surface area contributed by atoms with Gasteiger partial charge in [0.2, 0.25) is 5.91 Å². The van der Waals surface area contributed by atoms with Crippen molar-refractivity contribution in [1.29, 1.82) is 0 Å². The molecule has 3 aromatic rings. The van der Waals surface area contributed by atoms with E-state index in [1.165, 1.54) is 22.2 Å². The third-order valence-corrected chi connectivity index (χ3v) is 6.91. The van der Waals surface area contributed by atoms with Crippen molar-refractivity contribution in [3.8, 4) is 5.69 Å². The minimum Gasteiger partial charge on any atom is -0.369 e. The summed E-state index contributed by atoms with van der Waals surface area (Å²) in [7, 11) is 0. The molecule has 0 unspecified atom stereocenters. The Hall–Kier alpha value is -2.12. The lowest BCUT2D eigenvalue weighted by molar-refractivity contribution is -0.115. The van der Waals surface area contributed by atoms with Gasteiger partial charge in [-0.3, -0.25) is 14.2 Å². The first-order chi connectivity index (χ1) is 12.9. The Morgan fingerprint density at radius 1 is 1.22 bits per heavy atom. The smallest absolute Gasteiger partial charge is 0.267 e. The highest BCUT2D eigenvalue weighted by Gasteiger charge is 2.23. The van der Waals surface area contributed by atoms with Gasteiger partial charge in [0.1, 0.15) is 4.83 Å². The van der Waals surface area contributed by atoms with Crippen LogP contribution in [0.5, 0.6) is 0 Å². The monoisotopic (exact) mass is 399 g/mol. The highest BCUT2D eigenvalue weighted by Crippen LogP contribution is 2.35. The number of nitrogens with two attached hydrogens (primary N) is 1. The maximum atomic E-state index is 13.6. The van der Waals surface area contributed by atoms with Gasteiger partial charge in [0.05, 0.1) is 16.8 Å². The Balaban J connectivity index is 2.00. The summed E-state index contributed by atoms with van der Waals surface area (Å²) >= 11 is 2.84. The van der Waals surface area contributed by atoms with Crippen LogP contribution in [-0.4, -0.2) is 21.2 Å². The first kappa shape index (κ1) is 18.3. The maximum Gasteiger partial charge on any atom is 0.267 e. The van der Waals surface area contributed by atoms with E-state index in [1.54, 1.807) is 15.9 Å². The van der Waals surface area contributed by atoms with Crippen LogP contribution in [0.15, 0.2) is 28.2 Å². The minimum absolute atomic E-state index is 0.0450. The third kappa shape index (κ3) is 3.41. The van der Waals surface area contributed by atoms with E-state index in [0.717, 1.165) is 52.7 Å². The summed E-state index contributed by atoms with van der Waals surface area (Å²) in [5, 5.41) is 1.27. The van der Waals surface area contributed by atoms with E-state index in [9.17, 15) is 9.59 Å². The fourth-order valence-corrected chi connectivity index (χ4v) is 5.78. The van der Waals surface area contributed by atoms with Crippen LogP contribution in [0.25, 0.3) is 15.9 Å².